The molecule has 0 radical (unpaired) electrons. The molecule has 0 N–H and O–H groups in total. The summed E-state index contributed by atoms with van der Waals surface area (Å²) in [5.74, 6) is 1.93. The summed E-state index contributed by atoms with van der Waals surface area (Å²) in [5, 5.41) is 1.15. The quantitative estimate of drug-likeness (QED) is 0.146. The fourth-order valence-corrected chi connectivity index (χ4v) is 6.58. The van der Waals surface area contributed by atoms with Crippen molar-refractivity contribution in [2.24, 2.45) is 17.3 Å². The summed E-state index contributed by atoms with van der Waals surface area (Å²) in [6.07, 6.45) is 5.69. The maximum absolute atomic E-state index is 11.6. The standard InChI is InChI=1S/C31H48O4Si/c1-22(2)26-16-12-23(3)31(7,27(26)11-10-19-34-36(8,9)30(4,5)6)18-20-33-25-15-13-24-14-17-29(32)35-28(24)21-25/h13-15,17,21,23,27H,10-12,16,18-20H2,1-9H3/t23-,27-,31-/m1/s1. The minimum absolute atomic E-state index is 0.172. The number of hydrogen-bond donors (Lipinski definition) is 0. The molecule has 1 heterocycles. The number of allylic oxidation sites excluding steroid dienone is 2. The molecule has 3 rings (SSSR count). The lowest BCUT2D eigenvalue weighted by Crippen LogP contribution is -2.42. The predicted octanol–water partition coefficient (Wildman–Crippen LogP) is 8.75. The molecular formula is C31H48O4Si. The van der Waals surface area contributed by atoms with E-state index in [9.17, 15) is 4.79 Å². The third kappa shape index (κ3) is 6.52. The van der Waals surface area contributed by atoms with Crippen molar-refractivity contribution in [2.45, 2.75) is 98.7 Å². The van der Waals surface area contributed by atoms with E-state index >= 15 is 0 Å². The van der Waals surface area contributed by atoms with Gasteiger partial charge in [-0.05, 0) is 99.5 Å². The molecule has 4 nitrogen and oxygen atoms in total. The molecule has 0 bridgehead atoms. The van der Waals surface area contributed by atoms with Gasteiger partial charge in [-0.2, -0.15) is 0 Å². The summed E-state index contributed by atoms with van der Waals surface area (Å²) in [5.41, 5.74) is 3.54. The van der Waals surface area contributed by atoms with Crippen LogP contribution in [-0.2, 0) is 4.43 Å². The van der Waals surface area contributed by atoms with Gasteiger partial charge in [-0.25, -0.2) is 4.79 Å². The molecule has 200 valence electrons. The van der Waals surface area contributed by atoms with E-state index in [0.29, 0.717) is 24.0 Å². The van der Waals surface area contributed by atoms with Gasteiger partial charge in [0.1, 0.15) is 11.3 Å². The first-order valence-corrected chi connectivity index (χ1v) is 16.6. The van der Waals surface area contributed by atoms with Gasteiger partial charge in [0.15, 0.2) is 8.32 Å². The van der Waals surface area contributed by atoms with Crippen LogP contribution in [0.1, 0.15) is 80.6 Å². The molecule has 1 aromatic carbocycles. The molecule has 5 heteroatoms. The third-order valence-electron chi connectivity index (χ3n) is 9.24. The summed E-state index contributed by atoms with van der Waals surface area (Å²) in [4.78, 5) is 11.6. The topological polar surface area (TPSA) is 48.7 Å². The van der Waals surface area contributed by atoms with E-state index in [4.69, 9.17) is 13.6 Å². The molecule has 0 aliphatic heterocycles. The number of rotatable bonds is 9. The summed E-state index contributed by atoms with van der Waals surface area (Å²) in [7, 11) is -1.72. The van der Waals surface area contributed by atoms with Gasteiger partial charge in [0.05, 0.1) is 6.61 Å². The minimum atomic E-state index is -1.72. The molecule has 1 aliphatic rings. The van der Waals surface area contributed by atoms with Crippen LogP contribution in [-0.4, -0.2) is 21.5 Å². The Bertz CT molecular complexity index is 1120. The Labute approximate surface area is 219 Å². The molecule has 2 aromatic rings. The second-order valence-electron chi connectivity index (χ2n) is 12.8. The number of ether oxygens (including phenoxy) is 1. The van der Waals surface area contributed by atoms with Crippen molar-refractivity contribution in [3.05, 3.63) is 51.9 Å². The van der Waals surface area contributed by atoms with Crippen LogP contribution < -0.4 is 10.4 Å². The maximum atomic E-state index is 11.6. The molecule has 1 aliphatic carbocycles. The highest BCUT2D eigenvalue weighted by Gasteiger charge is 2.44. The Hall–Kier alpha value is -1.85. The first-order chi connectivity index (χ1) is 16.7. The van der Waals surface area contributed by atoms with Crippen molar-refractivity contribution < 1.29 is 13.6 Å². The maximum Gasteiger partial charge on any atom is 0.336 e. The molecule has 1 aromatic heterocycles. The van der Waals surface area contributed by atoms with E-state index < -0.39 is 8.32 Å². The summed E-state index contributed by atoms with van der Waals surface area (Å²) >= 11 is 0. The Kier molecular flexibility index (Phi) is 8.98. The van der Waals surface area contributed by atoms with Crippen molar-refractivity contribution in [1.29, 1.82) is 0 Å². The molecule has 36 heavy (non-hydrogen) atoms. The lowest BCUT2D eigenvalue weighted by atomic mass is 9.57. The van der Waals surface area contributed by atoms with Crippen molar-refractivity contribution in [1.82, 2.24) is 0 Å². The normalized spacial score (nSPS) is 23.2. The van der Waals surface area contributed by atoms with Gasteiger partial charge in [-0.1, -0.05) is 45.8 Å². The van der Waals surface area contributed by atoms with Crippen LogP contribution in [0, 0.1) is 17.3 Å². The van der Waals surface area contributed by atoms with Gasteiger partial charge < -0.3 is 13.6 Å². The molecule has 0 spiro atoms. The minimum Gasteiger partial charge on any atom is -0.493 e. The molecular weight excluding hydrogens is 464 g/mol. The van der Waals surface area contributed by atoms with E-state index in [0.717, 1.165) is 37.0 Å². The van der Waals surface area contributed by atoms with Gasteiger partial charge in [0.2, 0.25) is 0 Å². The zero-order valence-electron chi connectivity index (χ0n) is 24.1. The van der Waals surface area contributed by atoms with Crippen LogP contribution in [0.25, 0.3) is 11.0 Å². The lowest BCUT2D eigenvalue weighted by molar-refractivity contribution is 0.0512. The number of benzene rings is 1. The number of hydrogen-bond acceptors (Lipinski definition) is 4. The average molecular weight is 513 g/mol. The molecule has 0 amide bonds. The summed E-state index contributed by atoms with van der Waals surface area (Å²) < 4.78 is 18.1. The van der Waals surface area contributed by atoms with E-state index in [1.54, 1.807) is 11.6 Å². The smallest absolute Gasteiger partial charge is 0.336 e. The van der Waals surface area contributed by atoms with Crippen LogP contribution >= 0.6 is 0 Å². The van der Waals surface area contributed by atoms with Crippen molar-refractivity contribution >= 4 is 19.3 Å². The summed E-state index contributed by atoms with van der Waals surface area (Å²) in [6, 6.07) is 8.99. The fourth-order valence-electron chi connectivity index (χ4n) is 5.49. The van der Waals surface area contributed by atoms with Crippen LogP contribution in [0.4, 0.5) is 0 Å². The van der Waals surface area contributed by atoms with Gasteiger partial charge in [0, 0.05) is 24.1 Å². The Morgan fingerprint density at radius 3 is 2.50 bits per heavy atom. The lowest BCUT2D eigenvalue weighted by Gasteiger charge is -2.49. The number of fused-ring (bicyclic) bond motifs is 1. The Balaban J connectivity index is 1.70. The molecule has 1 saturated carbocycles. The fraction of sp³-hybridized carbons (Fsp3) is 0.645. The van der Waals surface area contributed by atoms with Crippen LogP contribution in [0.2, 0.25) is 18.1 Å². The first kappa shape index (κ1) is 28.7. The average Bonchev–Trinajstić information content (AvgIpc) is 2.78. The third-order valence-corrected chi connectivity index (χ3v) is 13.8. The highest BCUT2D eigenvalue weighted by Crippen LogP contribution is 2.52. The predicted molar refractivity (Wildman–Crippen MR) is 153 cm³/mol. The monoisotopic (exact) mass is 512 g/mol. The van der Waals surface area contributed by atoms with Gasteiger partial charge in [-0.3, -0.25) is 0 Å². The van der Waals surface area contributed by atoms with Gasteiger partial charge >= 0.3 is 5.63 Å². The van der Waals surface area contributed by atoms with Crippen molar-refractivity contribution in [3.63, 3.8) is 0 Å². The highest BCUT2D eigenvalue weighted by molar-refractivity contribution is 6.74. The molecule has 0 unspecified atom stereocenters. The van der Waals surface area contributed by atoms with E-state index in [-0.39, 0.29) is 16.1 Å². The SMILES string of the molecule is CC(C)=C1CC[C@@H](C)[C@@](C)(CCOc2ccc3ccc(=O)oc3c2)[C@@H]1CCCO[Si](C)(C)C(C)(C)C. The molecule has 3 atom stereocenters. The van der Waals surface area contributed by atoms with Crippen molar-refractivity contribution in [3.8, 4) is 5.75 Å². The van der Waals surface area contributed by atoms with E-state index in [1.807, 2.05) is 18.2 Å². The second kappa shape index (κ2) is 11.3. The largest absolute Gasteiger partial charge is 0.493 e. The first-order valence-electron chi connectivity index (χ1n) is 13.7. The van der Waals surface area contributed by atoms with Crippen LogP contribution in [0.3, 0.4) is 0 Å². The second-order valence-corrected chi connectivity index (χ2v) is 17.6. The zero-order valence-corrected chi connectivity index (χ0v) is 25.1. The zero-order chi connectivity index (χ0) is 26.7. The van der Waals surface area contributed by atoms with E-state index in [2.05, 4.69) is 61.6 Å². The van der Waals surface area contributed by atoms with Gasteiger partial charge in [-0.15, -0.1) is 0 Å². The van der Waals surface area contributed by atoms with Gasteiger partial charge in [0.25, 0.3) is 0 Å². The Morgan fingerprint density at radius 1 is 1.14 bits per heavy atom. The van der Waals surface area contributed by atoms with E-state index in [1.165, 1.54) is 24.5 Å². The van der Waals surface area contributed by atoms with Crippen molar-refractivity contribution in [2.75, 3.05) is 13.2 Å². The van der Waals surface area contributed by atoms with Crippen LogP contribution in [0.5, 0.6) is 5.75 Å². The molecule has 1 fully saturated rings. The molecule has 0 saturated heterocycles. The van der Waals surface area contributed by atoms with Crippen LogP contribution in [0.15, 0.2) is 50.7 Å². The summed E-state index contributed by atoms with van der Waals surface area (Å²) in [6.45, 7) is 22.6. The Morgan fingerprint density at radius 2 is 1.83 bits per heavy atom. The highest BCUT2D eigenvalue weighted by atomic mass is 28.4.